The quantitative estimate of drug-likeness (QED) is 0.661. The van der Waals surface area contributed by atoms with E-state index in [2.05, 4.69) is 15.9 Å². The number of hydrogen-bond acceptors (Lipinski definition) is 3. The van der Waals surface area contributed by atoms with Crippen molar-refractivity contribution < 1.29 is 4.74 Å². The summed E-state index contributed by atoms with van der Waals surface area (Å²) in [4.78, 5) is 0. The number of halogens is 1. The minimum absolute atomic E-state index is 0.0419. The number of rotatable bonds is 0. The second-order valence-corrected chi connectivity index (χ2v) is 3.75. The van der Waals surface area contributed by atoms with Crippen molar-refractivity contribution in [3.05, 3.63) is 22.2 Å². The summed E-state index contributed by atoms with van der Waals surface area (Å²) in [5.74, 6) is 0.741. The second-order valence-electron chi connectivity index (χ2n) is 2.83. The lowest BCUT2D eigenvalue weighted by atomic mass is 10.1. The van der Waals surface area contributed by atoms with Crippen LogP contribution in [0.15, 0.2) is 16.6 Å². The van der Waals surface area contributed by atoms with E-state index in [9.17, 15) is 0 Å². The lowest BCUT2D eigenvalue weighted by Gasteiger charge is -2.04. The molecule has 0 radical (unpaired) electrons. The van der Waals surface area contributed by atoms with E-state index >= 15 is 0 Å². The van der Waals surface area contributed by atoms with Crippen LogP contribution in [0, 0.1) is 0 Å². The lowest BCUT2D eigenvalue weighted by Crippen LogP contribution is -2.10. The molecule has 0 amide bonds. The number of anilines is 1. The molecule has 4 N–H and O–H groups in total. The number of ether oxygens (including phenoxy) is 1. The van der Waals surface area contributed by atoms with Gasteiger partial charge in [-0.05, 0) is 12.1 Å². The van der Waals surface area contributed by atoms with Crippen molar-refractivity contribution in [2.24, 2.45) is 5.73 Å². The Hall–Kier alpha value is -0.740. The van der Waals surface area contributed by atoms with Crippen molar-refractivity contribution in [1.29, 1.82) is 0 Å². The molecule has 12 heavy (non-hydrogen) atoms. The number of fused-ring (bicyclic) bond motifs is 1. The zero-order valence-corrected chi connectivity index (χ0v) is 7.97. The molecule has 1 aromatic carbocycles. The van der Waals surface area contributed by atoms with Crippen molar-refractivity contribution in [2.45, 2.75) is 6.04 Å². The third kappa shape index (κ3) is 1.07. The molecule has 1 aliphatic heterocycles. The summed E-state index contributed by atoms with van der Waals surface area (Å²) in [6.45, 7) is 0.524. The first-order valence-electron chi connectivity index (χ1n) is 3.66. The van der Waals surface area contributed by atoms with Gasteiger partial charge < -0.3 is 16.2 Å². The molecule has 1 aromatic rings. The topological polar surface area (TPSA) is 61.3 Å². The first-order chi connectivity index (χ1) is 5.68. The molecule has 0 aromatic heterocycles. The minimum Gasteiger partial charge on any atom is -0.489 e. The predicted molar refractivity (Wildman–Crippen MR) is 51.0 cm³/mol. The molecule has 0 spiro atoms. The normalized spacial score (nSPS) is 20.3. The number of nitrogens with two attached hydrogens (primary N) is 2. The standard InChI is InChI=1S/C8H9BrN2O/c9-4-1-5-7(11)3-12-8(5)6(10)2-4/h1-2,7H,3,10-11H2/t7-/m1/s1. The average molecular weight is 229 g/mol. The molecular weight excluding hydrogens is 220 g/mol. The monoisotopic (exact) mass is 228 g/mol. The smallest absolute Gasteiger partial charge is 0.147 e. The van der Waals surface area contributed by atoms with Crippen LogP contribution in [-0.2, 0) is 0 Å². The molecule has 0 saturated carbocycles. The first kappa shape index (κ1) is 7.89. The summed E-state index contributed by atoms with van der Waals surface area (Å²) in [5, 5.41) is 0. The highest BCUT2D eigenvalue weighted by molar-refractivity contribution is 9.10. The molecule has 1 heterocycles. The van der Waals surface area contributed by atoms with Gasteiger partial charge in [-0.3, -0.25) is 0 Å². The van der Waals surface area contributed by atoms with Crippen LogP contribution in [0.3, 0.4) is 0 Å². The van der Waals surface area contributed by atoms with Gasteiger partial charge in [-0.15, -0.1) is 0 Å². The Morgan fingerprint density at radius 1 is 1.50 bits per heavy atom. The molecule has 2 rings (SSSR count). The van der Waals surface area contributed by atoms with Crippen LogP contribution in [0.25, 0.3) is 0 Å². The Kier molecular flexibility index (Phi) is 1.73. The molecular formula is C8H9BrN2O. The molecule has 1 aliphatic rings. The Balaban J connectivity index is 2.60. The van der Waals surface area contributed by atoms with E-state index in [-0.39, 0.29) is 6.04 Å². The molecule has 64 valence electrons. The Morgan fingerprint density at radius 3 is 3.00 bits per heavy atom. The van der Waals surface area contributed by atoms with Gasteiger partial charge in [-0.25, -0.2) is 0 Å². The van der Waals surface area contributed by atoms with Gasteiger partial charge in [-0.2, -0.15) is 0 Å². The van der Waals surface area contributed by atoms with E-state index in [1.165, 1.54) is 0 Å². The molecule has 0 aliphatic carbocycles. The third-order valence-electron chi connectivity index (χ3n) is 1.92. The van der Waals surface area contributed by atoms with E-state index in [1.807, 2.05) is 12.1 Å². The van der Waals surface area contributed by atoms with Crippen LogP contribution in [0.5, 0.6) is 5.75 Å². The van der Waals surface area contributed by atoms with Crippen LogP contribution >= 0.6 is 15.9 Å². The Labute approximate surface area is 78.8 Å². The second kappa shape index (κ2) is 2.64. The molecule has 1 atom stereocenters. The highest BCUT2D eigenvalue weighted by atomic mass is 79.9. The molecule has 0 unspecified atom stereocenters. The SMILES string of the molecule is Nc1cc(Br)cc2c1OC[C@H]2N. The van der Waals surface area contributed by atoms with Gasteiger partial charge in [-0.1, -0.05) is 15.9 Å². The van der Waals surface area contributed by atoms with Gasteiger partial charge in [0.1, 0.15) is 12.4 Å². The van der Waals surface area contributed by atoms with Crippen molar-refractivity contribution in [1.82, 2.24) is 0 Å². The summed E-state index contributed by atoms with van der Waals surface area (Å²) < 4.78 is 6.27. The maximum Gasteiger partial charge on any atom is 0.147 e. The van der Waals surface area contributed by atoms with Gasteiger partial charge in [0.05, 0.1) is 11.7 Å². The highest BCUT2D eigenvalue weighted by Crippen LogP contribution is 2.38. The fourth-order valence-electron chi connectivity index (χ4n) is 1.34. The Bertz CT molecular complexity index is 327. The van der Waals surface area contributed by atoms with Crippen LogP contribution in [0.1, 0.15) is 11.6 Å². The molecule has 4 heteroatoms. The largest absolute Gasteiger partial charge is 0.489 e. The summed E-state index contributed by atoms with van der Waals surface area (Å²) >= 11 is 3.35. The van der Waals surface area contributed by atoms with Gasteiger partial charge in [0.2, 0.25) is 0 Å². The van der Waals surface area contributed by atoms with Crippen molar-refractivity contribution in [3.8, 4) is 5.75 Å². The van der Waals surface area contributed by atoms with Gasteiger partial charge in [0.25, 0.3) is 0 Å². The fourth-order valence-corrected chi connectivity index (χ4v) is 1.83. The van der Waals surface area contributed by atoms with Gasteiger partial charge in [0.15, 0.2) is 0 Å². The van der Waals surface area contributed by atoms with Crippen molar-refractivity contribution >= 4 is 21.6 Å². The van der Waals surface area contributed by atoms with Crippen LogP contribution in [0.4, 0.5) is 5.69 Å². The van der Waals surface area contributed by atoms with E-state index in [4.69, 9.17) is 16.2 Å². The highest BCUT2D eigenvalue weighted by Gasteiger charge is 2.22. The minimum atomic E-state index is -0.0419. The summed E-state index contributed by atoms with van der Waals surface area (Å²) in [5.41, 5.74) is 13.1. The molecule has 0 fully saturated rings. The van der Waals surface area contributed by atoms with Crippen LogP contribution in [-0.4, -0.2) is 6.61 Å². The summed E-state index contributed by atoms with van der Waals surface area (Å²) in [6, 6.07) is 3.72. The number of benzene rings is 1. The lowest BCUT2D eigenvalue weighted by molar-refractivity contribution is 0.334. The molecule has 0 saturated heterocycles. The number of nitrogen functional groups attached to an aromatic ring is 1. The zero-order valence-electron chi connectivity index (χ0n) is 6.38. The van der Waals surface area contributed by atoms with E-state index in [0.29, 0.717) is 12.3 Å². The van der Waals surface area contributed by atoms with Crippen LogP contribution in [0.2, 0.25) is 0 Å². The average Bonchev–Trinajstić information content (AvgIpc) is 2.33. The predicted octanol–water partition coefficient (Wildman–Crippen LogP) is 1.42. The van der Waals surface area contributed by atoms with E-state index in [1.54, 1.807) is 0 Å². The zero-order chi connectivity index (χ0) is 8.72. The molecule has 3 nitrogen and oxygen atoms in total. The number of hydrogen-bond donors (Lipinski definition) is 2. The van der Waals surface area contributed by atoms with Crippen LogP contribution < -0.4 is 16.2 Å². The van der Waals surface area contributed by atoms with Crippen molar-refractivity contribution in [3.63, 3.8) is 0 Å². The molecule has 0 bridgehead atoms. The maximum atomic E-state index is 5.78. The Morgan fingerprint density at radius 2 is 2.25 bits per heavy atom. The van der Waals surface area contributed by atoms with E-state index in [0.717, 1.165) is 15.8 Å². The van der Waals surface area contributed by atoms with E-state index < -0.39 is 0 Å². The van der Waals surface area contributed by atoms with Gasteiger partial charge in [0, 0.05) is 10.0 Å². The fraction of sp³-hybridized carbons (Fsp3) is 0.250. The van der Waals surface area contributed by atoms with Gasteiger partial charge >= 0.3 is 0 Å². The summed E-state index contributed by atoms with van der Waals surface area (Å²) in [6.07, 6.45) is 0. The third-order valence-corrected chi connectivity index (χ3v) is 2.38. The first-order valence-corrected chi connectivity index (χ1v) is 4.45. The summed E-state index contributed by atoms with van der Waals surface area (Å²) in [7, 11) is 0. The van der Waals surface area contributed by atoms with Crippen molar-refractivity contribution in [2.75, 3.05) is 12.3 Å². The maximum absolute atomic E-state index is 5.78.